The van der Waals surface area contributed by atoms with Crippen LogP contribution in [0.1, 0.15) is 37.5 Å². The summed E-state index contributed by atoms with van der Waals surface area (Å²) in [6.07, 6.45) is 5.91. The van der Waals surface area contributed by atoms with Crippen LogP contribution in [-0.4, -0.2) is 4.98 Å². The van der Waals surface area contributed by atoms with Crippen LogP contribution in [0.3, 0.4) is 0 Å². The predicted molar refractivity (Wildman–Crippen MR) is 76.8 cm³/mol. The van der Waals surface area contributed by atoms with Crippen LogP contribution in [-0.2, 0) is 18.3 Å². The van der Waals surface area contributed by atoms with Crippen LogP contribution in [0.2, 0.25) is 0 Å². The molecule has 2 rings (SSSR count). The molecule has 0 N–H and O–H groups in total. The summed E-state index contributed by atoms with van der Waals surface area (Å²) in [7, 11) is 0. The first-order chi connectivity index (χ1) is 8.57. The number of rotatable bonds is 3. The van der Waals surface area contributed by atoms with Crippen LogP contribution in [0.4, 0.5) is 0 Å². The zero-order valence-electron chi connectivity index (χ0n) is 11.5. The van der Waals surface area contributed by atoms with Crippen molar-refractivity contribution < 1.29 is 0 Å². The molecule has 1 aromatic heterocycles. The molecule has 1 aromatic carbocycles. The number of hydrogen-bond acceptors (Lipinski definition) is 1. The van der Waals surface area contributed by atoms with Gasteiger partial charge in [-0.25, -0.2) is 0 Å². The Morgan fingerprint density at radius 3 is 2.22 bits per heavy atom. The maximum absolute atomic E-state index is 4.06. The molecule has 0 amide bonds. The van der Waals surface area contributed by atoms with Crippen LogP contribution < -0.4 is 0 Å². The largest absolute Gasteiger partial charge is 0.265 e. The van der Waals surface area contributed by atoms with Crippen molar-refractivity contribution in [2.75, 3.05) is 0 Å². The van der Waals surface area contributed by atoms with Gasteiger partial charge >= 0.3 is 0 Å². The lowest BCUT2D eigenvalue weighted by Gasteiger charge is -2.23. The molecule has 0 bridgehead atoms. The maximum Gasteiger partial charge on any atom is 0.0270 e. The summed E-state index contributed by atoms with van der Waals surface area (Å²) in [5.74, 6) is 0. The number of pyridine rings is 1. The summed E-state index contributed by atoms with van der Waals surface area (Å²) in [4.78, 5) is 4.06. The average Bonchev–Trinajstić information content (AvgIpc) is 2.37. The summed E-state index contributed by atoms with van der Waals surface area (Å²) in [6.45, 7) is 6.83. The van der Waals surface area contributed by atoms with Crippen molar-refractivity contribution in [1.82, 2.24) is 4.98 Å². The van der Waals surface area contributed by atoms with Gasteiger partial charge in [0.25, 0.3) is 0 Å². The molecule has 94 valence electrons. The highest BCUT2D eigenvalue weighted by molar-refractivity contribution is 5.33. The van der Waals surface area contributed by atoms with Crippen LogP contribution in [0.5, 0.6) is 0 Å². The molecule has 0 aliphatic rings. The monoisotopic (exact) mass is 239 g/mol. The van der Waals surface area contributed by atoms with E-state index in [-0.39, 0.29) is 5.41 Å². The predicted octanol–water partition coefficient (Wildman–Crippen LogP) is 4.16. The van der Waals surface area contributed by atoms with E-state index in [1.165, 1.54) is 16.7 Å². The smallest absolute Gasteiger partial charge is 0.0270 e. The molecule has 0 fully saturated rings. The van der Waals surface area contributed by atoms with Crippen LogP contribution >= 0.6 is 0 Å². The van der Waals surface area contributed by atoms with Crippen molar-refractivity contribution in [2.45, 2.75) is 39.0 Å². The van der Waals surface area contributed by atoms with Gasteiger partial charge < -0.3 is 0 Å². The molecule has 0 saturated carbocycles. The standard InChI is InChI=1S/C17H21N/c1-17(2,3)16-7-5-4-6-15(16)9-8-14-10-12-18-13-11-14/h4-7,10-13H,8-9H2,1-3H3. The van der Waals surface area contributed by atoms with Gasteiger partial charge in [0.2, 0.25) is 0 Å². The topological polar surface area (TPSA) is 12.9 Å². The van der Waals surface area contributed by atoms with E-state index >= 15 is 0 Å². The lowest BCUT2D eigenvalue weighted by atomic mass is 9.82. The molecule has 0 aliphatic carbocycles. The van der Waals surface area contributed by atoms with Gasteiger partial charge in [0.15, 0.2) is 0 Å². The van der Waals surface area contributed by atoms with E-state index in [0.29, 0.717) is 0 Å². The zero-order chi connectivity index (χ0) is 13.0. The van der Waals surface area contributed by atoms with Gasteiger partial charge in [-0.1, -0.05) is 45.0 Å². The quantitative estimate of drug-likeness (QED) is 0.783. The summed E-state index contributed by atoms with van der Waals surface area (Å²) < 4.78 is 0. The molecule has 0 saturated heterocycles. The lowest BCUT2D eigenvalue weighted by Crippen LogP contribution is -2.14. The molecule has 1 heterocycles. The normalized spacial score (nSPS) is 11.5. The van der Waals surface area contributed by atoms with Gasteiger partial charge in [-0.3, -0.25) is 4.98 Å². The van der Waals surface area contributed by atoms with Crippen LogP contribution in [0.15, 0.2) is 48.8 Å². The van der Waals surface area contributed by atoms with Gasteiger partial charge in [0.1, 0.15) is 0 Å². The van der Waals surface area contributed by atoms with E-state index in [1.807, 2.05) is 12.4 Å². The number of nitrogens with zero attached hydrogens (tertiary/aromatic N) is 1. The maximum atomic E-state index is 4.06. The van der Waals surface area contributed by atoms with E-state index in [4.69, 9.17) is 0 Å². The fourth-order valence-corrected chi connectivity index (χ4v) is 2.30. The summed E-state index contributed by atoms with van der Waals surface area (Å²) in [5.41, 5.74) is 4.49. The Bertz CT molecular complexity index is 495. The Morgan fingerprint density at radius 1 is 0.889 bits per heavy atom. The molecule has 0 spiro atoms. The lowest BCUT2D eigenvalue weighted by molar-refractivity contribution is 0.582. The molecule has 2 aromatic rings. The molecule has 0 atom stereocenters. The molecular formula is C17H21N. The Balaban J connectivity index is 2.15. The third-order valence-electron chi connectivity index (χ3n) is 3.26. The molecule has 0 unspecified atom stereocenters. The molecule has 1 heteroatoms. The summed E-state index contributed by atoms with van der Waals surface area (Å²) in [5, 5.41) is 0. The summed E-state index contributed by atoms with van der Waals surface area (Å²) >= 11 is 0. The summed E-state index contributed by atoms with van der Waals surface area (Å²) in [6, 6.07) is 13.0. The number of benzene rings is 1. The van der Waals surface area contributed by atoms with Gasteiger partial charge in [-0.05, 0) is 47.1 Å². The minimum Gasteiger partial charge on any atom is -0.265 e. The van der Waals surface area contributed by atoms with E-state index in [1.54, 1.807) is 0 Å². The van der Waals surface area contributed by atoms with Gasteiger partial charge in [0.05, 0.1) is 0 Å². The second-order valence-corrected chi connectivity index (χ2v) is 5.76. The highest BCUT2D eigenvalue weighted by atomic mass is 14.6. The first-order valence-electron chi connectivity index (χ1n) is 6.54. The minimum absolute atomic E-state index is 0.217. The van der Waals surface area contributed by atoms with Crippen LogP contribution in [0, 0.1) is 0 Å². The van der Waals surface area contributed by atoms with Crippen molar-refractivity contribution in [1.29, 1.82) is 0 Å². The Labute approximate surface area is 110 Å². The van der Waals surface area contributed by atoms with Crippen molar-refractivity contribution >= 4 is 0 Å². The van der Waals surface area contributed by atoms with Gasteiger partial charge in [-0.2, -0.15) is 0 Å². The Morgan fingerprint density at radius 2 is 1.56 bits per heavy atom. The molecule has 0 aliphatic heterocycles. The van der Waals surface area contributed by atoms with Crippen molar-refractivity contribution in [2.24, 2.45) is 0 Å². The zero-order valence-corrected chi connectivity index (χ0v) is 11.5. The average molecular weight is 239 g/mol. The molecular weight excluding hydrogens is 218 g/mol. The molecule has 1 nitrogen and oxygen atoms in total. The minimum atomic E-state index is 0.217. The highest BCUT2D eigenvalue weighted by Gasteiger charge is 2.16. The van der Waals surface area contributed by atoms with E-state index < -0.39 is 0 Å². The second-order valence-electron chi connectivity index (χ2n) is 5.76. The van der Waals surface area contributed by atoms with Gasteiger partial charge in [0, 0.05) is 12.4 Å². The number of aryl methyl sites for hydroxylation is 2. The number of aromatic nitrogens is 1. The fourth-order valence-electron chi connectivity index (χ4n) is 2.30. The first-order valence-corrected chi connectivity index (χ1v) is 6.54. The fraction of sp³-hybridized carbons (Fsp3) is 0.353. The first kappa shape index (κ1) is 12.8. The van der Waals surface area contributed by atoms with Crippen molar-refractivity contribution in [3.05, 3.63) is 65.5 Å². The van der Waals surface area contributed by atoms with Crippen molar-refractivity contribution in [3.8, 4) is 0 Å². The van der Waals surface area contributed by atoms with Crippen molar-refractivity contribution in [3.63, 3.8) is 0 Å². The van der Waals surface area contributed by atoms with E-state index in [9.17, 15) is 0 Å². The Kier molecular flexibility index (Phi) is 3.81. The SMILES string of the molecule is CC(C)(C)c1ccccc1CCc1ccncc1. The van der Waals surface area contributed by atoms with E-state index in [0.717, 1.165) is 12.8 Å². The Hall–Kier alpha value is -1.63. The number of hydrogen-bond donors (Lipinski definition) is 0. The van der Waals surface area contributed by atoms with Gasteiger partial charge in [-0.15, -0.1) is 0 Å². The third-order valence-corrected chi connectivity index (χ3v) is 3.26. The third kappa shape index (κ3) is 3.19. The molecule has 0 radical (unpaired) electrons. The van der Waals surface area contributed by atoms with Crippen LogP contribution in [0.25, 0.3) is 0 Å². The highest BCUT2D eigenvalue weighted by Crippen LogP contribution is 2.26. The molecule has 18 heavy (non-hydrogen) atoms. The van der Waals surface area contributed by atoms with E-state index in [2.05, 4.69) is 62.2 Å². The second kappa shape index (κ2) is 5.34.